The summed E-state index contributed by atoms with van der Waals surface area (Å²) in [5, 5.41) is 4.07. The molecule has 0 radical (unpaired) electrons. The Kier molecular flexibility index (Phi) is 4.82. The molecule has 19 heavy (non-hydrogen) atoms. The van der Waals surface area contributed by atoms with Crippen molar-refractivity contribution in [3.05, 3.63) is 45.3 Å². The second-order valence-electron chi connectivity index (χ2n) is 3.68. The predicted molar refractivity (Wildman–Crippen MR) is 76.3 cm³/mol. The van der Waals surface area contributed by atoms with Crippen LogP contribution in [0.15, 0.2) is 24.5 Å². The lowest BCUT2D eigenvalue weighted by Gasteiger charge is -2.08. The minimum absolute atomic E-state index is 0.341. The summed E-state index contributed by atoms with van der Waals surface area (Å²) in [7, 11) is 1.82. The minimum atomic E-state index is 0.341. The minimum Gasteiger partial charge on any atom is -0.436 e. The first-order valence-corrected chi connectivity index (χ1v) is 6.51. The number of rotatable bonds is 4. The van der Waals surface area contributed by atoms with Gasteiger partial charge in [0.2, 0.25) is 5.88 Å². The zero-order valence-electron chi connectivity index (χ0n) is 9.95. The first kappa shape index (κ1) is 14.3. The number of nitrogens with zero attached hydrogens (tertiary/aromatic N) is 2. The van der Waals surface area contributed by atoms with Gasteiger partial charge in [0, 0.05) is 18.8 Å². The van der Waals surface area contributed by atoms with E-state index in [4.69, 9.17) is 39.5 Å². The van der Waals surface area contributed by atoms with Crippen molar-refractivity contribution in [2.45, 2.75) is 6.54 Å². The number of ether oxygens (including phenoxy) is 1. The topological polar surface area (TPSA) is 47.0 Å². The molecule has 0 bridgehead atoms. The highest BCUT2D eigenvalue weighted by Crippen LogP contribution is 2.35. The molecule has 7 heteroatoms. The van der Waals surface area contributed by atoms with Crippen molar-refractivity contribution in [1.29, 1.82) is 0 Å². The smallest absolute Gasteiger partial charge is 0.238 e. The summed E-state index contributed by atoms with van der Waals surface area (Å²) < 4.78 is 5.56. The maximum Gasteiger partial charge on any atom is 0.238 e. The Morgan fingerprint density at radius 3 is 2.58 bits per heavy atom. The number of nitrogens with one attached hydrogen (secondary N) is 1. The van der Waals surface area contributed by atoms with Crippen molar-refractivity contribution in [1.82, 2.24) is 15.3 Å². The van der Waals surface area contributed by atoms with Crippen LogP contribution in [0.2, 0.25) is 15.1 Å². The van der Waals surface area contributed by atoms with E-state index in [1.165, 1.54) is 12.3 Å². The van der Waals surface area contributed by atoms with Crippen LogP contribution >= 0.6 is 34.8 Å². The fourth-order valence-corrected chi connectivity index (χ4v) is 1.97. The Hall–Kier alpha value is -1.07. The molecule has 1 heterocycles. The molecule has 0 aliphatic carbocycles. The van der Waals surface area contributed by atoms with Crippen LogP contribution in [0.4, 0.5) is 0 Å². The van der Waals surface area contributed by atoms with Gasteiger partial charge in [0.15, 0.2) is 0 Å². The molecule has 100 valence electrons. The molecule has 4 nitrogen and oxygen atoms in total. The third-order valence-corrected chi connectivity index (χ3v) is 3.23. The molecule has 0 spiro atoms. The summed E-state index contributed by atoms with van der Waals surface area (Å²) in [6.07, 6.45) is 3.15. The maximum atomic E-state index is 6.02. The largest absolute Gasteiger partial charge is 0.436 e. The van der Waals surface area contributed by atoms with Crippen LogP contribution in [0, 0.1) is 0 Å². The van der Waals surface area contributed by atoms with Gasteiger partial charge in [-0.15, -0.1) is 0 Å². The summed E-state index contributed by atoms with van der Waals surface area (Å²) in [4.78, 5) is 8.31. The van der Waals surface area contributed by atoms with E-state index < -0.39 is 0 Å². The van der Waals surface area contributed by atoms with Gasteiger partial charge in [0.25, 0.3) is 0 Å². The van der Waals surface area contributed by atoms with Crippen LogP contribution in [0.3, 0.4) is 0 Å². The summed E-state index contributed by atoms with van der Waals surface area (Å²) in [5.74, 6) is 0.722. The standard InChI is InChI=1S/C12H10Cl3N3O/c1-16-4-7-5-17-6-12(18-7)19-11-3-9(14)8(13)2-10(11)15/h2-3,5-6,16H,4H2,1H3. The number of hydrogen-bond acceptors (Lipinski definition) is 4. The lowest BCUT2D eigenvalue weighted by Crippen LogP contribution is -2.07. The van der Waals surface area contributed by atoms with Gasteiger partial charge in [-0.1, -0.05) is 34.8 Å². The van der Waals surface area contributed by atoms with E-state index in [2.05, 4.69) is 15.3 Å². The van der Waals surface area contributed by atoms with Gasteiger partial charge in [-0.3, -0.25) is 4.98 Å². The van der Waals surface area contributed by atoms with Crippen LogP contribution in [-0.2, 0) is 6.54 Å². The summed E-state index contributed by atoms with van der Waals surface area (Å²) in [6.45, 7) is 0.597. The predicted octanol–water partition coefficient (Wildman–Crippen LogP) is 3.95. The molecule has 1 aromatic heterocycles. The SMILES string of the molecule is CNCc1cncc(Oc2cc(Cl)c(Cl)cc2Cl)n1. The van der Waals surface area contributed by atoms with Crippen LogP contribution in [0.25, 0.3) is 0 Å². The summed E-state index contributed by atoms with van der Waals surface area (Å²) in [5.41, 5.74) is 0.760. The molecule has 2 aromatic rings. The van der Waals surface area contributed by atoms with E-state index in [1.54, 1.807) is 12.3 Å². The monoisotopic (exact) mass is 317 g/mol. The van der Waals surface area contributed by atoms with E-state index in [9.17, 15) is 0 Å². The van der Waals surface area contributed by atoms with Crippen molar-refractivity contribution >= 4 is 34.8 Å². The second kappa shape index (κ2) is 6.39. The molecule has 1 aromatic carbocycles. The molecule has 0 atom stereocenters. The van der Waals surface area contributed by atoms with Gasteiger partial charge in [0.05, 0.1) is 27.0 Å². The Morgan fingerprint density at radius 1 is 1.11 bits per heavy atom. The Morgan fingerprint density at radius 2 is 1.84 bits per heavy atom. The highest BCUT2D eigenvalue weighted by Gasteiger charge is 2.09. The molecule has 0 aliphatic rings. The molecule has 0 saturated carbocycles. The molecule has 0 unspecified atom stereocenters. The third kappa shape index (κ3) is 3.70. The van der Waals surface area contributed by atoms with E-state index >= 15 is 0 Å². The zero-order chi connectivity index (χ0) is 13.8. The highest BCUT2D eigenvalue weighted by atomic mass is 35.5. The normalized spacial score (nSPS) is 10.5. The number of hydrogen-bond donors (Lipinski definition) is 1. The fourth-order valence-electron chi connectivity index (χ4n) is 1.40. The summed E-state index contributed by atoms with van der Waals surface area (Å²) >= 11 is 17.8. The first-order valence-electron chi connectivity index (χ1n) is 5.38. The zero-order valence-corrected chi connectivity index (χ0v) is 12.2. The lowest BCUT2D eigenvalue weighted by molar-refractivity contribution is 0.457. The molecular formula is C12H10Cl3N3O. The third-order valence-electron chi connectivity index (χ3n) is 2.21. The van der Waals surface area contributed by atoms with Gasteiger partial charge < -0.3 is 10.1 Å². The first-order chi connectivity index (χ1) is 9.10. The van der Waals surface area contributed by atoms with E-state index in [0.717, 1.165) is 5.69 Å². The molecular weight excluding hydrogens is 309 g/mol. The molecule has 2 rings (SSSR count). The second-order valence-corrected chi connectivity index (χ2v) is 4.90. The number of benzene rings is 1. The quantitative estimate of drug-likeness (QED) is 0.867. The van der Waals surface area contributed by atoms with Gasteiger partial charge in [-0.25, -0.2) is 4.98 Å². The molecule has 0 aliphatic heterocycles. The Balaban J connectivity index is 2.25. The van der Waals surface area contributed by atoms with E-state index in [0.29, 0.717) is 33.2 Å². The molecule has 1 N–H and O–H groups in total. The molecule has 0 fully saturated rings. The number of halogens is 3. The van der Waals surface area contributed by atoms with Gasteiger partial charge >= 0.3 is 0 Å². The Bertz CT molecular complexity index is 592. The van der Waals surface area contributed by atoms with Gasteiger partial charge in [0.1, 0.15) is 5.75 Å². The highest BCUT2D eigenvalue weighted by molar-refractivity contribution is 6.43. The fraction of sp³-hybridized carbons (Fsp3) is 0.167. The maximum absolute atomic E-state index is 6.02. The van der Waals surface area contributed by atoms with Gasteiger partial charge in [-0.05, 0) is 13.1 Å². The van der Waals surface area contributed by atoms with E-state index in [-0.39, 0.29) is 0 Å². The molecule has 0 saturated heterocycles. The van der Waals surface area contributed by atoms with Gasteiger partial charge in [-0.2, -0.15) is 0 Å². The van der Waals surface area contributed by atoms with Crippen LogP contribution in [0.5, 0.6) is 11.6 Å². The van der Waals surface area contributed by atoms with Crippen LogP contribution in [-0.4, -0.2) is 17.0 Å². The van der Waals surface area contributed by atoms with Crippen molar-refractivity contribution in [2.24, 2.45) is 0 Å². The average molecular weight is 319 g/mol. The summed E-state index contributed by atoms with van der Waals surface area (Å²) in [6, 6.07) is 3.06. The van der Waals surface area contributed by atoms with Crippen molar-refractivity contribution in [2.75, 3.05) is 7.05 Å². The average Bonchev–Trinajstić information content (AvgIpc) is 2.37. The number of aromatic nitrogens is 2. The van der Waals surface area contributed by atoms with Crippen LogP contribution in [0.1, 0.15) is 5.69 Å². The van der Waals surface area contributed by atoms with Crippen molar-refractivity contribution in [3.63, 3.8) is 0 Å². The van der Waals surface area contributed by atoms with E-state index in [1.807, 2.05) is 7.05 Å². The van der Waals surface area contributed by atoms with Crippen LogP contribution < -0.4 is 10.1 Å². The molecule has 0 amide bonds. The van der Waals surface area contributed by atoms with Crippen molar-refractivity contribution < 1.29 is 4.74 Å². The van der Waals surface area contributed by atoms with Crippen molar-refractivity contribution in [3.8, 4) is 11.6 Å². The lowest BCUT2D eigenvalue weighted by atomic mass is 10.3. The Labute approximate surface area is 125 Å².